The maximum Gasteiger partial charge on any atom is 0.330 e. The molecule has 3 atom stereocenters. The van der Waals surface area contributed by atoms with E-state index in [1.54, 1.807) is 0 Å². The van der Waals surface area contributed by atoms with E-state index in [-0.39, 0.29) is 12.1 Å². The highest BCUT2D eigenvalue weighted by Crippen LogP contribution is 2.31. The van der Waals surface area contributed by atoms with Crippen molar-refractivity contribution < 1.29 is 9.53 Å². The Morgan fingerprint density at radius 3 is 2.77 bits per heavy atom. The van der Waals surface area contributed by atoms with Crippen LogP contribution in [-0.4, -0.2) is 12.1 Å². The standard InChI is InChI=1S/C11H18O2/c1-4-11(12)13-10-7-5-6-8(2)9(10)3/h4,8-10H,1,5-7H2,2-3H3. The van der Waals surface area contributed by atoms with Gasteiger partial charge in [-0.05, 0) is 24.7 Å². The number of carbonyl (C=O) groups excluding carboxylic acids is 1. The minimum Gasteiger partial charge on any atom is -0.459 e. The molecule has 0 bridgehead atoms. The van der Waals surface area contributed by atoms with E-state index in [0.29, 0.717) is 11.8 Å². The molecule has 1 fully saturated rings. The molecule has 0 heterocycles. The molecule has 1 aliphatic rings. The highest BCUT2D eigenvalue weighted by Gasteiger charge is 2.29. The van der Waals surface area contributed by atoms with Crippen molar-refractivity contribution in [1.29, 1.82) is 0 Å². The van der Waals surface area contributed by atoms with Crippen LogP contribution in [0.3, 0.4) is 0 Å². The third-order valence-corrected chi connectivity index (χ3v) is 3.07. The molecule has 2 nitrogen and oxygen atoms in total. The van der Waals surface area contributed by atoms with Gasteiger partial charge in [-0.15, -0.1) is 0 Å². The summed E-state index contributed by atoms with van der Waals surface area (Å²) in [5.74, 6) is 0.861. The maximum atomic E-state index is 11.0. The number of ether oxygens (including phenoxy) is 1. The summed E-state index contributed by atoms with van der Waals surface area (Å²) in [4.78, 5) is 11.0. The highest BCUT2D eigenvalue weighted by atomic mass is 16.5. The van der Waals surface area contributed by atoms with Gasteiger partial charge in [0.1, 0.15) is 6.10 Å². The summed E-state index contributed by atoms with van der Waals surface area (Å²) in [6.07, 6.45) is 4.77. The predicted molar refractivity (Wildman–Crippen MR) is 52.3 cm³/mol. The van der Waals surface area contributed by atoms with Gasteiger partial charge in [0, 0.05) is 6.08 Å². The fraction of sp³-hybridized carbons (Fsp3) is 0.727. The molecule has 2 heteroatoms. The van der Waals surface area contributed by atoms with Gasteiger partial charge >= 0.3 is 5.97 Å². The maximum absolute atomic E-state index is 11.0. The fourth-order valence-corrected chi connectivity index (χ4v) is 1.90. The minimum absolute atomic E-state index is 0.106. The number of hydrogen-bond donors (Lipinski definition) is 0. The molecule has 0 saturated heterocycles. The van der Waals surface area contributed by atoms with Gasteiger partial charge in [-0.1, -0.05) is 26.8 Å². The van der Waals surface area contributed by atoms with E-state index in [0.717, 1.165) is 6.42 Å². The normalized spacial score (nSPS) is 33.8. The van der Waals surface area contributed by atoms with Crippen LogP contribution in [0, 0.1) is 11.8 Å². The van der Waals surface area contributed by atoms with Crippen LogP contribution in [-0.2, 0) is 9.53 Å². The third kappa shape index (κ3) is 2.58. The van der Waals surface area contributed by atoms with Gasteiger partial charge in [-0.2, -0.15) is 0 Å². The van der Waals surface area contributed by atoms with Crippen LogP contribution in [0.4, 0.5) is 0 Å². The fourth-order valence-electron chi connectivity index (χ4n) is 1.90. The molecule has 1 aliphatic carbocycles. The number of rotatable bonds is 2. The Morgan fingerprint density at radius 1 is 1.46 bits per heavy atom. The molecule has 74 valence electrons. The Hall–Kier alpha value is -0.790. The summed E-state index contributed by atoms with van der Waals surface area (Å²) in [5.41, 5.74) is 0. The second kappa shape index (κ2) is 4.45. The molecular weight excluding hydrogens is 164 g/mol. The van der Waals surface area contributed by atoms with Gasteiger partial charge < -0.3 is 4.74 Å². The monoisotopic (exact) mass is 182 g/mol. The molecule has 0 aromatic carbocycles. The minimum atomic E-state index is -0.286. The van der Waals surface area contributed by atoms with Crippen LogP contribution in [0.2, 0.25) is 0 Å². The first-order valence-corrected chi connectivity index (χ1v) is 4.98. The number of hydrogen-bond acceptors (Lipinski definition) is 2. The van der Waals surface area contributed by atoms with E-state index in [9.17, 15) is 4.79 Å². The Labute approximate surface area is 80.0 Å². The zero-order valence-electron chi connectivity index (χ0n) is 8.45. The summed E-state index contributed by atoms with van der Waals surface area (Å²) in [6, 6.07) is 0. The lowest BCUT2D eigenvalue weighted by Gasteiger charge is -2.33. The average Bonchev–Trinajstić information content (AvgIpc) is 2.13. The summed E-state index contributed by atoms with van der Waals surface area (Å²) in [6.45, 7) is 7.77. The summed E-state index contributed by atoms with van der Waals surface area (Å²) in [7, 11) is 0. The molecule has 0 N–H and O–H groups in total. The smallest absolute Gasteiger partial charge is 0.330 e. The van der Waals surface area contributed by atoms with Crippen LogP contribution in [0.25, 0.3) is 0 Å². The molecule has 0 spiro atoms. The highest BCUT2D eigenvalue weighted by molar-refractivity contribution is 5.81. The van der Waals surface area contributed by atoms with Crippen molar-refractivity contribution in [3.05, 3.63) is 12.7 Å². The lowest BCUT2D eigenvalue weighted by Crippen LogP contribution is -2.32. The topological polar surface area (TPSA) is 26.3 Å². The lowest BCUT2D eigenvalue weighted by molar-refractivity contribution is -0.148. The summed E-state index contributed by atoms with van der Waals surface area (Å²) < 4.78 is 5.27. The molecular formula is C11H18O2. The second-order valence-electron chi connectivity index (χ2n) is 3.95. The molecule has 0 radical (unpaired) electrons. The zero-order chi connectivity index (χ0) is 9.84. The van der Waals surface area contributed by atoms with E-state index >= 15 is 0 Å². The SMILES string of the molecule is C=CC(=O)OC1CCCC(C)C1C. The lowest BCUT2D eigenvalue weighted by atomic mass is 9.79. The molecule has 3 unspecified atom stereocenters. The average molecular weight is 182 g/mol. The quantitative estimate of drug-likeness (QED) is 0.484. The molecule has 0 aromatic heterocycles. The van der Waals surface area contributed by atoms with Crippen molar-refractivity contribution in [3.8, 4) is 0 Å². The first kappa shape index (κ1) is 10.3. The molecule has 0 amide bonds. The van der Waals surface area contributed by atoms with Crippen molar-refractivity contribution in [2.75, 3.05) is 0 Å². The van der Waals surface area contributed by atoms with Crippen molar-refractivity contribution >= 4 is 5.97 Å². The van der Waals surface area contributed by atoms with E-state index in [2.05, 4.69) is 20.4 Å². The summed E-state index contributed by atoms with van der Waals surface area (Å²) in [5, 5.41) is 0. The first-order valence-electron chi connectivity index (χ1n) is 4.98. The summed E-state index contributed by atoms with van der Waals surface area (Å²) >= 11 is 0. The second-order valence-corrected chi connectivity index (χ2v) is 3.95. The molecule has 0 aromatic rings. The predicted octanol–water partition coefficient (Wildman–Crippen LogP) is 2.54. The van der Waals surface area contributed by atoms with Crippen LogP contribution >= 0.6 is 0 Å². The van der Waals surface area contributed by atoms with Crippen molar-refractivity contribution in [2.24, 2.45) is 11.8 Å². The Balaban J connectivity index is 2.48. The van der Waals surface area contributed by atoms with E-state index in [4.69, 9.17) is 4.74 Å². The third-order valence-electron chi connectivity index (χ3n) is 3.07. The molecule has 0 aliphatic heterocycles. The van der Waals surface area contributed by atoms with Gasteiger partial charge in [0.05, 0.1) is 0 Å². The van der Waals surface area contributed by atoms with E-state index < -0.39 is 0 Å². The Morgan fingerprint density at radius 2 is 2.15 bits per heavy atom. The Kier molecular flexibility index (Phi) is 3.52. The van der Waals surface area contributed by atoms with E-state index in [1.807, 2.05) is 0 Å². The number of esters is 1. The largest absolute Gasteiger partial charge is 0.459 e. The molecule has 1 saturated carbocycles. The van der Waals surface area contributed by atoms with Gasteiger partial charge in [0.2, 0.25) is 0 Å². The Bertz CT molecular complexity index is 198. The van der Waals surface area contributed by atoms with Crippen molar-refractivity contribution in [1.82, 2.24) is 0 Å². The van der Waals surface area contributed by atoms with Gasteiger partial charge in [-0.25, -0.2) is 4.79 Å². The van der Waals surface area contributed by atoms with Crippen LogP contribution in [0.5, 0.6) is 0 Å². The molecule has 1 rings (SSSR count). The van der Waals surface area contributed by atoms with Gasteiger partial charge in [0.25, 0.3) is 0 Å². The van der Waals surface area contributed by atoms with Crippen LogP contribution in [0.15, 0.2) is 12.7 Å². The van der Waals surface area contributed by atoms with Crippen molar-refractivity contribution in [2.45, 2.75) is 39.2 Å². The molecule has 13 heavy (non-hydrogen) atoms. The van der Waals surface area contributed by atoms with Crippen molar-refractivity contribution in [3.63, 3.8) is 0 Å². The van der Waals surface area contributed by atoms with E-state index in [1.165, 1.54) is 18.9 Å². The van der Waals surface area contributed by atoms with Crippen LogP contribution < -0.4 is 0 Å². The number of carbonyl (C=O) groups is 1. The zero-order valence-corrected chi connectivity index (χ0v) is 8.45. The van der Waals surface area contributed by atoms with Crippen LogP contribution in [0.1, 0.15) is 33.1 Å². The van der Waals surface area contributed by atoms with Gasteiger partial charge in [-0.3, -0.25) is 0 Å². The first-order chi connectivity index (χ1) is 6.15. The van der Waals surface area contributed by atoms with Gasteiger partial charge in [0.15, 0.2) is 0 Å².